The van der Waals surface area contributed by atoms with Crippen molar-refractivity contribution in [2.24, 2.45) is 5.73 Å². The quantitative estimate of drug-likeness (QED) is 0.525. The first-order valence-electron chi connectivity index (χ1n) is 8.81. The molecule has 28 heavy (non-hydrogen) atoms. The second kappa shape index (κ2) is 7.21. The number of nitrogens with one attached hydrogen (secondary N) is 1. The van der Waals surface area contributed by atoms with E-state index in [9.17, 15) is 8.42 Å². The smallest absolute Gasteiger partial charge is 0.324 e. The van der Waals surface area contributed by atoms with Gasteiger partial charge in [0.1, 0.15) is 17.0 Å². The van der Waals surface area contributed by atoms with Gasteiger partial charge in [-0.25, -0.2) is 8.42 Å². The van der Waals surface area contributed by atoms with Crippen molar-refractivity contribution in [2.75, 3.05) is 31.0 Å². The van der Waals surface area contributed by atoms with Gasteiger partial charge in [-0.3, -0.25) is 0 Å². The van der Waals surface area contributed by atoms with E-state index in [0.717, 1.165) is 18.7 Å². The Labute approximate surface area is 164 Å². The molecule has 3 N–H and O–H groups in total. The van der Waals surface area contributed by atoms with Crippen molar-refractivity contribution < 1.29 is 22.6 Å². The predicted molar refractivity (Wildman–Crippen MR) is 104 cm³/mol. The first kappa shape index (κ1) is 20.3. The van der Waals surface area contributed by atoms with Crippen molar-refractivity contribution in [3.8, 4) is 11.8 Å². The van der Waals surface area contributed by atoms with E-state index >= 15 is 0 Å². The Morgan fingerprint density at radius 1 is 1.36 bits per heavy atom. The van der Waals surface area contributed by atoms with Crippen LogP contribution in [0.2, 0.25) is 0 Å². The minimum Gasteiger partial charge on any atom is -0.486 e. The van der Waals surface area contributed by atoms with E-state index in [1.165, 1.54) is 0 Å². The van der Waals surface area contributed by atoms with Crippen LogP contribution in [0.25, 0.3) is 0 Å². The Morgan fingerprint density at radius 2 is 2.07 bits per heavy atom. The van der Waals surface area contributed by atoms with Gasteiger partial charge in [-0.15, -0.1) is 0 Å². The van der Waals surface area contributed by atoms with E-state index in [-0.39, 0.29) is 29.5 Å². The highest BCUT2D eigenvalue weighted by Crippen LogP contribution is 2.44. The maximum atomic E-state index is 12.5. The summed E-state index contributed by atoms with van der Waals surface area (Å²) < 4.78 is 40.6. The summed E-state index contributed by atoms with van der Waals surface area (Å²) in [6.45, 7) is 6.43. The van der Waals surface area contributed by atoms with Crippen LogP contribution < -0.4 is 20.1 Å². The van der Waals surface area contributed by atoms with E-state index in [1.807, 2.05) is 6.92 Å². The molecule has 154 valence electrons. The van der Waals surface area contributed by atoms with Gasteiger partial charge in [0.15, 0.2) is 27.2 Å². The molecular weight excluding hydrogens is 386 g/mol. The Balaban J connectivity index is 2.22. The number of morpholine rings is 1. The summed E-state index contributed by atoms with van der Waals surface area (Å²) in [4.78, 5) is 10.8. The molecule has 1 saturated heterocycles. The van der Waals surface area contributed by atoms with E-state index in [0.29, 0.717) is 31.4 Å². The van der Waals surface area contributed by atoms with Gasteiger partial charge in [-0.2, -0.15) is 9.97 Å². The highest BCUT2D eigenvalue weighted by atomic mass is 32.2. The molecule has 1 fully saturated rings. The van der Waals surface area contributed by atoms with Crippen molar-refractivity contribution in [2.45, 2.75) is 37.6 Å². The second-order valence-corrected chi connectivity index (χ2v) is 9.93. The molecule has 0 saturated carbocycles. The van der Waals surface area contributed by atoms with Crippen molar-refractivity contribution >= 4 is 21.9 Å². The lowest BCUT2D eigenvalue weighted by Crippen LogP contribution is -2.56. The summed E-state index contributed by atoms with van der Waals surface area (Å²) in [6.07, 6.45) is 3.17. The number of sulfone groups is 1. The average molecular weight is 411 g/mol. The first-order valence-corrected chi connectivity index (χ1v) is 10.7. The third kappa shape index (κ3) is 3.39. The minimum absolute atomic E-state index is 0.00519. The third-order valence-electron chi connectivity index (χ3n) is 5.04. The number of rotatable bonds is 5. The van der Waals surface area contributed by atoms with E-state index in [1.54, 1.807) is 13.8 Å². The topological polar surface area (TPSA) is 141 Å². The highest BCUT2D eigenvalue weighted by Gasteiger charge is 2.44. The molecule has 10 nitrogen and oxygen atoms in total. The van der Waals surface area contributed by atoms with Crippen molar-refractivity contribution in [3.63, 3.8) is 0 Å². The number of nitrogens with two attached hydrogens (primary N) is 1. The summed E-state index contributed by atoms with van der Waals surface area (Å²) in [5.74, 6) is 0.803. The van der Waals surface area contributed by atoms with Gasteiger partial charge in [0, 0.05) is 12.5 Å². The molecule has 1 aromatic heterocycles. The zero-order valence-electron chi connectivity index (χ0n) is 16.3. The molecule has 3 rings (SSSR count). The SMILES string of the molecule is C[C@@H]1COCC2COc3c(nc(O/C(C=N)=C/N)nc3C(C)(C)S(C)(=O)=O)N21. The number of anilines is 1. The molecular formula is C17H25N5O5S. The fraction of sp³-hybridized carbons (Fsp3) is 0.588. The van der Waals surface area contributed by atoms with Gasteiger partial charge >= 0.3 is 6.01 Å². The Bertz CT molecular complexity index is 915. The lowest BCUT2D eigenvalue weighted by Gasteiger charge is -2.45. The van der Waals surface area contributed by atoms with Gasteiger partial charge in [-0.05, 0) is 20.8 Å². The van der Waals surface area contributed by atoms with Gasteiger partial charge in [0.2, 0.25) is 0 Å². The molecule has 2 atom stereocenters. The number of hydrogen-bond acceptors (Lipinski definition) is 10. The van der Waals surface area contributed by atoms with Crippen molar-refractivity contribution in [1.82, 2.24) is 9.97 Å². The molecule has 0 aromatic carbocycles. The van der Waals surface area contributed by atoms with Crippen LogP contribution in [0.4, 0.5) is 5.82 Å². The molecule has 3 heterocycles. The number of hydrogen-bond donors (Lipinski definition) is 2. The fourth-order valence-corrected chi connectivity index (χ4v) is 3.65. The molecule has 11 heteroatoms. The molecule has 0 bridgehead atoms. The van der Waals surface area contributed by atoms with Gasteiger partial charge in [-0.1, -0.05) is 0 Å². The molecule has 0 amide bonds. The standard InChI is InChI=1S/C17H25N5O5S/c1-10-7-25-8-11-9-26-13-14(17(2,3)28(4,23)24)20-16(21-15(13)22(10)11)27-12(5-18)6-19/h5-6,10-11,18H,7-9,19H2,1-4H3/b12-6+,18-5?/t10-,11?/m1/s1. The zero-order valence-corrected chi connectivity index (χ0v) is 17.1. The summed E-state index contributed by atoms with van der Waals surface area (Å²) in [5.41, 5.74) is 5.65. The van der Waals surface area contributed by atoms with Crippen LogP contribution in [0.1, 0.15) is 26.5 Å². The van der Waals surface area contributed by atoms with E-state index in [2.05, 4.69) is 14.9 Å². The van der Waals surface area contributed by atoms with Crippen molar-refractivity contribution in [1.29, 1.82) is 5.41 Å². The van der Waals surface area contributed by atoms with Crippen LogP contribution in [0.3, 0.4) is 0 Å². The maximum absolute atomic E-state index is 12.5. The number of fused-ring (bicyclic) bond motifs is 3. The highest BCUT2D eigenvalue weighted by molar-refractivity contribution is 7.91. The number of allylic oxidation sites excluding steroid dienone is 1. The lowest BCUT2D eigenvalue weighted by atomic mass is 10.0. The minimum atomic E-state index is -3.54. The Kier molecular flexibility index (Phi) is 5.24. The van der Waals surface area contributed by atoms with Crippen LogP contribution >= 0.6 is 0 Å². The third-order valence-corrected chi connectivity index (χ3v) is 7.09. The predicted octanol–water partition coefficient (Wildman–Crippen LogP) is 0.571. The molecule has 2 aliphatic rings. The van der Waals surface area contributed by atoms with Gasteiger partial charge < -0.3 is 30.3 Å². The van der Waals surface area contributed by atoms with Crippen LogP contribution in [-0.2, 0) is 19.3 Å². The second-order valence-electron chi connectivity index (χ2n) is 7.36. The number of ether oxygens (including phenoxy) is 3. The Morgan fingerprint density at radius 3 is 2.68 bits per heavy atom. The fourth-order valence-electron chi connectivity index (χ4n) is 3.16. The zero-order chi connectivity index (χ0) is 20.7. The van der Waals surface area contributed by atoms with E-state index < -0.39 is 14.6 Å². The molecule has 0 aliphatic carbocycles. The maximum Gasteiger partial charge on any atom is 0.324 e. The summed E-state index contributed by atoms with van der Waals surface area (Å²) in [6, 6.07) is -0.153. The number of nitrogens with zero attached hydrogens (tertiary/aromatic N) is 3. The van der Waals surface area contributed by atoms with Crippen molar-refractivity contribution in [3.05, 3.63) is 17.7 Å². The number of aromatic nitrogens is 2. The molecule has 1 aromatic rings. The summed E-state index contributed by atoms with van der Waals surface area (Å²) >= 11 is 0. The first-order chi connectivity index (χ1) is 13.1. The average Bonchev–Trinajstić information content (AvgIpc) is 2.64. The molecule has 0 radical (unpaired) electrons. The summed E-state index contributed by atoms with van der Waals surface area (Å²) in [5, 5.41) is 7.35. The van der Waals surface area contributed by atoms with Gasteiger partial charge in [0.05, 0.1) is 31.5 Å². The van der Waals surface area contributed by atoms with Crippen LogP contribution in [0, 0.1) is 5.41 Å². The van der Waals surface area contributed by atoms with E-state index in [4.69, 9.17) is 25.4 Å². The van der Waals surface area contributed by atoms with Crippen LogP contribution in [0.5, 0.6) is 11.8 Å². The summed E-state index contributed by atoms with van der Waals surface area (Å²) in [7, 11) is -3.54. The molecule has 2 aliphatic heterocycles. The monoisotopic (exact) mass is 411 g/mol. The van der Waals surface area contributed by atoms with Crippen LogP contribution in [0.15, 0.2) is 12.0 Å². The normalized spacial score (nSPS) is 22.7. The molecule has 1 unspecified atom stereocenters. The largest absolute Gasteiger partial charge is 0.486 e. The van der Waals surface area contributed by atoms with Gasteiger partial charge in [0.25, 0.3) is 0 Å². The lowest BCUT2D eigenvalue weighted by molar-refractivity contribution is 0.0480. The van der Waals surface area contributed by atoms with Crippen LogP contribution in [-0.4, -0.2) is 62.8 Å². The Hall–Kier alpha value is -2.40. The molecule has 0 spiro atoms.